The fourth-order valence-corrected chi connectivity index (χ4v) is 3.26. The molecule has 0 atom stereocenters. The smallest absolute Gasteiger partial charge is 0.346 e. The van der Waals surface area contributed by atoms with Crippen LogP contribution >= 0.6 is 15.9 Å². The summed E-state index contributed by atoms with van der Waals surface area (Å²) in [5, 5.41) is 11.1. The molecule has 0 amide bonds. The zero-order chi connectivity index (χ0) is 18.7. The average Bonchev–Trinajstić information content (AvgIpc) is 2.63. The van der Waals surface area contributed by atoms with E-state index in [1.807, 2.05) is 0 Å². The SMILES string of the molecule is CC1CCN(c2ccc([N+](=O)[O-])cc2C(=O)Oc2cccnc2Br)CC1. The highest BCUT2D eigenvalue weighted by atomic mass is 79.9. The first-order valence-corrected chi connectivity index (χ1v) is 9.11. The van der Waals surface area contributed by atoms with Crippen molar-refractivity contribution in [2.75, 3.05) is 18.0 Å². The maximum atomic E-state index is 12.7. The summed E-state index contributed by atoms with van der Waals surface area (Å²) in [5.74, 6) is 0.254. The van der Waals surface area contributed by atoms with Crippen molar-refractivity contribution < 1.29 is 14.5 Å². The number of non-ortho nitro benzene ring substituents is 1. The van der Waals surface area contributed by atoms with Gasteiger partial charge in [-0.3, -0.25) is 10.1 Å². The van der Waals surface area contributed by atoms with Crippen LogP contribution < -0.4 is 9.64 Å². The van der Waals surface area contributed by atoms with E-state index in [1.54, 1.807) is 24.4 Å². The number of nitro benzene ring substituents is 1. The molecule has 0 bridgehead atoms. The van der Waals surface area contributed by atoms with Crippen LogP contribution in [0.15, 0.2) is 41.1 Å². The lowest BCUT2D eigenvalue weighted by molar-refractivity contribution is -0.384. The second-order valence-corrected chi connectivity index (χ2v) is 7.06. The third-order valence-corrected chi connectivity index (χ3v) is 5.06. The van der Waals surface area contributed by atoms with Gasteiger partial charge in [0.2, 0.25) is 0 Å². The van der Waals surface area contributed by atoms with Gasteiger partial charge in [0.1, 0.15) is 4.60 Å². The Labute approximate surface area is 159 Å². The number of pyridine rings is 1. The first kappa shape index (κ1) is 18.3. The van der Waals surface area contributed by atoms with Crippen LogP contribution in [0.25, 0.3) is 0 Å². The van der Waals surface area contributed by atoms with Gasteiger partial charge in [0, 0.05) is 31.4 Å². The van der Waals surface area contributed by atoms with Crippen LogP contribution in [0.1, 0.15) is 30.1 Å². The number of hydrogen-bond donors (Lipinski definition) is 0. The molecule has 1 aliphatic rings. The van der Waals surface area contributed by atoms with E-state index in [2.05, 4.69) is 32.7 Å². The zero-order valence-corrected chi connectivity index (χ0v) is 15.8. The molecular formula is C18H18BrN3O4. The molecule has 2 heterocycles. The molecule has 0 N–H and O–H groups in total. The highest BCUT2D eigenvalue weighted by Crippen LogP contribution is 2.31. The number of anilines is 1. The minimum absolute atomic E-state index is 0.142. The van der Waals surface area contributed by atoms with E-state index < -0.39 is 10.9 Å². The Kier molecular flexibility index (Phi) is 5.51. The molecule has 1 fully saturated rings. The molecule has 1 aliphatic heterocycles. The lowest BCUT2D eigenvalue weighted by Gasteiger charge is -2.33. The number of nitrogens with zero attached hydrogens (tertiary/aromatic N) is 3. The largest absolute Gasteiger partial charge is 0.420 e. The van der Waals surface area contributed by atoms with Crippen LogP contribution in [0, 0.1) is 16.0 Å². The molecule has 0 spiro atoms. The van der Waals surface area contributed by atoms with Gasteiger partial charge >= 0.3 is 5.97 Å². The number of aromatic nitrogens is 1. The fraction of sp³-hybridized carbons (Fsp3) is 0.333. The normalized spacial score (nSPS) is 14.9. The molecule has 7 nitrogen and oxygen atoms in total. The Morgan fingerprint density at radius 2 is 2.08 bits per heavy atom. The Balaban J connectivity index is 1.94. The summed E-state index contributed by atoms with van der Waals surface area (Å²) in [5.41, 5.74) is 0.702. The van der Waals surface area contributed by atoms with Crippen molar-refractivity contribution in [2.24, 2.45) is 5.92 Å². The lowest BCUT2D eigenvalue weighted by atomic mass is 9.98. The molecule has 0 aliphatic carbocycles. The van der Waals surface area contributed by atoms with Gasteiger partial charge in [-0.15, -0.1) is 0 Å². The van der Waals surface area contributed by atoms with Crippen LogP contribution in [0.5, 0.6) is 5.75 Å². The summed E-state index contributed by atoms with van der Waals surface area (Å²) < 4.78 is 5.82. The van der Waals surface area contributed by atoms with Crippen molar-refractivity contribution in [2.45, 2.75) is 19.8 Å². The first-order valence-electron chi connectivity index (χ1n) is 8.32. The summed E-state index contributed by atoms with van der Waals surface area (Å²) in [6.07, 6.45) is 3.59. The van der Waals surface area contributed by atoms with Gasteiger partial charge in [-0.1, -0.05) is 6.92 Å². The Morgan fingerprint density at radius 3 is 2.73 bits per heavy atom. The quantitative estimate of drug-likeness (QED) is 0.319. The maximum Gasteiger partial charge on any atom is 0.346 e. The Hall–Kier alpha value is -2.48. The second-order valence-electron chi connectivity index (χ2n) is 6.31. The maximum absolute atomic E-state index is 12.7. The monoisotopic (exact) mass is 419 g/mol. The number of nitro groups is 1. The molecule has 0 unspecified atom stereocenters. The van der Waals surface area contributed by atoms with Crippen LogP contribution in [-0.2, 0) is 0 Å². The summed E-state index contributed by atoms with van der Waals surface area (Å²) in [6, 6.07) is 7.58. The first-order chi connectivity index (χ1) is 12.5. The van der Waals surface area contributed by atoms with Gasteiger partial charge in [-0.25, -0.2) is 9.78 Å². The van der Waals surface area contributed by atoms with E-state index in [1.165, 1.54) is 12.1 Å². The van der Waals surface area contributed by atoms with Crippen molar-refractivity contribution in [3.8, 4) is 5.75 Å². The molecule has 2 aromatic rings. The van der Waals surface area contributed by atoms with E-state index in [0.29, 0.717) is 16.2 Å². The third kappa shape index (κ3) is 4.01. The highest BCUT2D eigenvalue weighted by molar-refractivity contribution is 9.10. The number of carbonyl (C=O) groups excluding carboxylic acids is 1. The van der Waals surface area contributed by atoms with E-state index in [0.717, 1.165) is 25.9 Å². The fourth-order valence-electron chi connectivity index (χ4n) is 2.93. The average molecular weight is 420 g/mol. The van der Waals surface area contributed by atoms with E-state index in [4.69, 9.17) is 4.74 Å². The van der Waals surface area contributed by atoms with Gasteiger partial charge in [0.05, 0.1) is 16.2 Å². The number of piperidine rings is 1. The van der Waals surface area contributed by atoms with Crippen molar-refractivity contribution >= 4 is 33.3 Å². The number of hydrogen-bond acceptors (Lipinski definition) is 6. The Morgan fingerprint density at radius 1 is 1.35 bits per heavy atom. The van der Waals surface area contributed by atoms with Gasteiger partial charge in [0.15, 0.2) is 5.75 Å². The van der Waals surface area contributed by atoms with Crippen molar-refractivity contribution in [3.63, 3.8) is 0 Å². The molecule has 8 heteroatoms. The highest BCUT2D eigenvalue weighted by Gasteiger charge is 2.25. The number of rotatable bonds is 4. The minimum Gasteiger partial charge on any atom is -0.420 e. The van der Waals surface area contributed by atoms with Gasteiger partial charge in [-0.2, -0.15) is 0 Å². The van der Waals surface area contributed by atoms with E-state index in [9.17, 15) is 14.9 Å². The van der Waals surface area contributed by atoms with Crippen LogP contribution in [0.4, 0.5) is 11.4 Å². The molecule has 1 aromatic carbocycles. The van der Waals surface area contributed by atoms with Crippen LogP contribution in [-0.4, -0.2) is 29.0 Å². The number of ether oxygens (including phenoxy) is 1. The molecule has 1 aromatic heterocycles. The second kappa shape index (κ2) is 7.82. The molecule has 1 saturated heterocycles. The van der Waals surface area contributed by atoms with Crippen LogP contribution in [0.3, 0.4) is 0 Å². The standard InChI is InChI=1S/C18H18BrN3O4/c1-12-6-9-21(10-7-12)15-5-4-13(22(24)25)11-14(15)18(23)26-16-3-2-8-20-17(16)19/h2-5,8,11-12H,6-7,9-10H2,1H3. The topological polar surface area (TPSA) is 85.6 Å². The van der Waals surface area contributed by atoms with Gasteiger partial charge in [-0.05, 0) is 52.9 Å². The third-order valence-electron chi connectivity index (χ3n) is 4.46. The minimum atomic E-state index is -0.643. The van der Waals surface area contributed by atoms with E-state index in [-0.39, 0.29) is 17.0 Å². The molecule has 136 valence electrons. The van der Waals surface area contributed by atoms with E-state index >= 15 is 0 Å². The van der Waals surface area contributed by atoms with Gasteiger partial charge < -0.3 is 9.64 Å². The molecule has 3 rings (SSSR count). The lowest BCUT2D eigenvalue weighted by Crippen LogP contribution is -2.34. The Bertz CT molecular complexity index is 835. The predicted octanol–water partition coefficient (Wildman–Crippen LogP) is 4.21. The van der Waals surface area contributed by atoms with Crippen molar-refractivity contribution in [1.82, 2.24) is 4.98 Å². The molecule has 0 saturated carbocycles. The predicted molar refractivity (Wildman–Crippen MR) is 101 cm³/mol. The molecule has 26 heavy (non-hydrogen) atoms. The van der Waals surface area contributed by atoms with Crippen LogP contribution in [0.2, 0.25) is 0 Å². The van der Waals surface area contributed by atoms with Crippen molar-refractivity contribution in [1.29, 1.82) is 0 Å². The number of carbonyl (C=O) groups is 1. The number of benzene rings is 1. The summed E-state index contributed by atoms with van der Waals surface area (Å²) in [7, 11) is 0. The summed E-state index contributed by atoms with van der Waals surface area (Å²) in [4.78, 5) is 29.5. The van der Waals surface area contributed by atoms with Crippen molar-refractivity contribution in [3.05, 3.63) is 56.8 Å². The number of halogens is 1. The zero-order valence-electron chi connectivity index (χ0n) is 14.2. The molecule has 0 radical (unpaired) electrons. The summed E-state index contributed by atoms with van der Waals surface area (Å²) >= 11 is 3.23. The molecular weight excluding hydrogens is 402 g/mol. The number of esters is 1. The summed E-state index contributed by atoms with van der Waals surface area (Å²) in [6.45, 7) is 3.80. The van der Waals surface area contributed by atoms with Gasteiger partial charge in [0.25, 0.3) is 5.69 Å².